The van der Waals surface area contributed by atoms with Gasteiger partial charge in [0.2, 0.25) is 10.0 Å². The summed E-state index contributed by atoms with van der Waals surface area (Å²) in [5.74, 6) is 0. The molecule has 2 N–H and O–H groups in total. The van der Waals surface area contributed by atoms with E-state index in [0.29, 0.717) is 18.8 Å². The molecule has 0 unspecified atom stereocenters. The second-order valence-corrected chi connectivity index (χ2v) is 6.93. The van der Waals surface area contributed by atoms with Crippen LogP contribution in [0, 0.1) is 6.92 Å². The summed E-state index contributed by atoms with van der Waals surface area (Å²) in [6, 6.07) is 14.2. The number of sulfonamides is 1. The lowest BCUT2D eigenvalue weighted by molar-refractivity contribution is 0.423. The highest BCUT2D eigenvalue weighted by molar-refractivity contribution is 7.89. The van der Waals surface area contributed by atoms with Crippen LogP contribution in [0.2, 0.25) is 0 Å². The molecule has 0 heterocycles. The lowest BCUT2D eigenvalue weighted by Crippen LogP contribution is -2.30. The summed E-state index contributed by atoms with van der Waals surface area (Å²) in [5, 5.41) is 0. The third-order valence-electron chi connectivity index (χ3n) is 3.31. The lowest BCUT2D eigenvalue weighted by Gasteiger charge is -2.21. The normalized spacial score (nSPS) is 11.8. The third-order valence-corrected chi connectivity index (χ3v) is 5.25. The topological polar surface area (TPSA) is 63.4 Å². The molecule has 5 heteroatoms. The average Bonchev–Trinajstić information content (AvgIpc) is 2.45. The SMILES string of the molecule is CCN(Cc1cccc(C)c1)S(=O)(=O)c1ccc(N)cc1. The molecule has 2 aromatic rings. The van der Waals surface area contributed by atoms with Gasteiger partial charge in [-0.25, -0.2) is 8.42 Å². The zero-order valence-corrected chi connectivity index (χ0v) is 13.1. The van der Waals surface area contributed by atoms with Crippen LogP contribution < -0.4 is 5.73 Å². The highest BCUT2D eigenvalue weighted by Crippen LogP contribution is 2.19. The van der Waals surface area contributed by atoms with E-state index >= 15 is 0 Å². The number of anilines is 1. The highest BCUT2D eigenvalue weighted by atomic mass is 32.2. The van der Waals surface area contributed by atoms with Gasteiger partial charge in [0.05, 0.1) is 4.90 Å². The van der Waals surface area contributed by atoms with Gasteiger partial charge in [-0.1, -0.05) is 36.8 Å². The quantitative estimate of drug-likeness (QED) is 0.864. The minimum atomic E-state index is -3.50. The van der Waals surface area contributed by atoms with Gasteiger partial charge in [-0.05, 0) is 36.8 Å². The Balaban J connectivity index is 2.29. The molecule has 0 fully saturated rings. The van der Waals surface area contributed by atoms with Crippen molar-refractivity contribution < 1.29 is 8.42 Å². The predicted molar refractivity (Wildman–Crippen MR) is 85.3 cm³/mol. The van der Waals surface area contributed by atoms with Gasteiger partial charge in [-0.3, -0.25) is 0 Å². The molecule has 2 aromatic carbocycles. The van der Waals surface area contributed by atoms with Crippen molar-refractivity contribution in [3.63, 3.8) is 0 Å². The van der Waals surface area contributed by atoms with E-state index in [1.807, 2.05) is 38.1 Å². The molecule has 0 saturated carbocycles. The Morgan fingerprint density at radius 2 is 1.76 bits per heavy atom. The van der Waals surface area contributed by atoms with Crippen LogP contribution in [-0.4, -0.2) is 19.3 Å². The van der Waals surface area contributed by atoms with Crippen molar-refractivity contribution in [1.82, 2.24) is 4.31 Å². The summed E-state index contributed by atoms with van der Waals surface area (Å²) in [6.07, 6.45) is 0. The van der Waals surface area contributed by atoms with Gasteiger partial charge < -0.3 is 5.73 Å². The molecule has 112 valence electrons. The highest BCUT2D eigenvalue weighted by Gasteiger charge is 2.23. The molecular formula is C16H20N2O2S. The standard InChI is InChI=1S/C16H20N2O2S/c1-3-18(12-14-6-4-5-13(2)11-14)21(19,20)16-9-7-15(17)8-10-16/h4-11H,3,12,17H2,1-2H3. The van der Waals surface area contributed by atoms with Crippen LogP contribution in [0.25, 0.3) is 0 Å². The third kappa shape index (κ3) is 3.62. The van der Waals surface area contributed by atoms with Crippen molar-refractivity contribution in [1.29, 1.82) is 0 Å². The summed E-state index contributed by atoms with van der Waals surface area (Å²) >= 11 is 0. The fourth-order valence-corrected chi connectivity index (χ4v) is 3.61. The maximum Gasteiger partial charge on any atom is 0.243 e. The maximum absolute atomic E-state index is 12.6. The first-order valence-electron chi connectivity index (χ1n) is 6.84. The largest absolute Gasteiger partial charge is 0.399 e. The Hall–Kier alpha value is -1.85. The molecule has 0 amide bonds. The molecule has 0 radical (unpaired) electrons. The number of nitrogens with zero attached hydrogens (tertiary/aromatic N) is 1. The molecule has 0 spiro atoms. The number of aryl methyl sites for hydroxylation is 1. The predicted octanol–water partition coefficient (Wildman–Crippen LogP) is 2.79. The Bertz CT molecular complexity index is 709. The van der Waals surface area contributed by atoms with Gasteiger partial charge in [-0.15, -0.1) is 0 Å². The molecular weight excluding hydrogens is 284 g/mol. The number of nitrogen functional groups attached to an aromatic ring is 1. The molecule has 0 aliphatic rings. The second-order valence-electron chi connectivity index (χ2n) is 4.99. The Morgan fingerprint density at radius 3 is 2.33 bits per heavy atom. The number of benzene rings is 2. The molecule has 0 saturated heterocycles. The zero-order chi connectivity index (χ0) is 15.5. The van der Waals surface area contributed by atoms with Gasteiger partial charge in [0.25, 0.3) is 0 Å². The first kappa shape index (κ1) is 15.5. The average molecular weight is 304 g/mol. The summed E-state index contributed by atoms with van der Waals surface area (Å²) in [6.45, 7) is 4.62. The summed E-state index contributed by atoms with van der Waals surface area (Å²) in [5.41, 5.74) is 8.26. The van der Waals surface area contributed by atoms with E-state index < -0.39 is 10.0 Å². The Labute approximate surface area is 126 Å². The van der Waals surface area contributed by atoms with Crippen molar-refractivity contribution in [2.75, 3.05) is 12.3 Å². The van der Waals surface area contributed by atoms with E-state index in [9.17, 15) is 8.42 Å². The number of rotatable bonds is 5. The molecule has 4 nitrogen and oxygen atoms in total. The van der Waals surface area contributed by atoms with E-state index in [-0.39, 0.29) is 4.90 Å². The van der Waals surface area contributed by atoms with Crippen LogP contribution in [0.3, 0.4) is 0 Å². The van der Waals surface area contributed by atoms with Crippen molar-refractivity contribution in [3.8, 4) is 0 Å². The summed E-state index contributed by atoms with van der Waals surface area (Å²) < 4.78 is 26.8. The van der Waals surface area contributed by atoms with Crippen LogP contribution in [-0.2, 0) is 16.6 Å². The van der Waals surface area contributed by atoms with Crippen LogP contribution in [0.5, 0.6) is 0 Å². The van der Waals surface area contributed by atoms with Crippen molar-refractivity contribution in [2.45, 2.75) is 25.3 Å². The van der Waals surface area contributed by atoms with Gasteiger partial charge in [0, 0.05) is 18.8 Å². The number of nitrogens with two attached hydrogens (primary N) is 1. The van der Waals surface area contributed by atoms with Gasteiger partial charge in [0.15, 0.2) is 0 Å². The van der Waals surface area contributed by atoms with Crippen LogP contribution >= 0.6 is 0 Å². The summed E-state index contributed by atoms with van der Waals surface area (Å²) in [4.78, 5) is 0.270. The van der Waals surface area contributed by atoms with Crippen LogP contribution in [0.1, 0.15) is 18.1 Å². The van der Waals surface area contributed by atoms with E-state index in [0.717, 1.165) is 11.1 Å². The first-order valence-corrected chi connectivity index (χ1v) is 8.28. The van der Waals surface area contributed by atoms with Gasteiger partial charge >= 0.3 is 0 Å². The lowest BCUT2D eigenvalue weighted by atomic mass is 10.1. The van der Waals surface area contributed by atoms with Crippen molar-refractivity contribution >= 4 is 15.7 Å². The molecule has 21 heavy (non-hydrogen) atoms. The van der Waals surface area contributed by atoms with Crippen molar-refractivity contribution in [2.24, 2.45) is 0 Å². The summed E-state index contributed by atoms with van der Waals surface area (Å²) in [7, 11) is -3.50. The minimum absolute atomic E-state index is 0.270. The van der Waals surface area contributed by atoms with E-state index in [1.54, 1.807) is 24.3 Å². The Kier molecular flexibility index (Phi) is 4.65. The van der Waals surface area contributed by atoms with E-state index in [4.69, 9.17) is 5.73 Å². The zero-order valence-electron chi connectivity index (χ0n) is 12.3. The van der Waals surface area contributed by atoms with Crippen LogP contribution in [0.4, 0.5) is 5.69 Å². The maximum atomic E-state index is 12.6. The number of hydrogen-bond donors (Lipinski definition) is 1. The van der Waals surface area contributed by atoms with Crippen LogP contribution in [0.15, 0.2) is 53.4 Å². The molecule has 0 bridgehead atoms. The van der Waals surface area contributed by atoms with E-state index in [1.165, 1.54) is 4.31 Å². The van der Waals surface area contributed by atoms with Gasteiger partial charge in [0.1, 0.15) is 0 Å². The monoisotopic (exact) mass is 304 g/mol. The molecule has 0 atom stereocenters. The number of hydrogen-bond acceptors (Lipinski definition) is 3. The second kappa shape index (κ2) is 6.28. The van der Waals surface area contributed by atoms with Gasteiger partial charge in [-0.2, -0.15) is 4.31 Å². The molecule has 0 aliphatic heterocycles. The van der Waals surface area contributed by atoms with Crippen molar-refractivity contribution in [3.05, 3.63) is 59.7 Å². The smallest absolute Gasteiger partial charge is 0.243 e. The minimum Gasteiger partial charge on any atom is -0.399 e. The fraction of sp³-hybridized carbons (Fsp3) is 0.250. The molecule has 2 rings (SSSR count). The molecule has 0 aromatic heterocycles. The molecule has 0 aliphatic carbocycles. The van der Waals surface area contributed by atoms with E-state index in [2.05, 4.69) is 0 Å². The first-order chi connectivity index (χ1) is 9.93. The Morgan fingerprint density at radius 1 is 1.10 bits per heavy atom. The fourth-order valence-electron chi connectivity index (χ4n) is 2.17.